The highest BCUT2D eigenvalue weighted by molar-refractivity contribution is 7.89. The lowest BCUT2D eigenvalue weighted by Gasteiger charge is -2.18. The first kappa shape index (κ1) is 18.1. The Labute approximate surface area is 150 Å². The van der Waals surface area contributed by atoms with E-state index in [1.807, 2.05) is 6.92 Å². The number of aromatic amines is 1. The minimum Gasteiger partial charge on any atom is -0.438 e. The van der Waals surface area contributed by atoms with Crippen LogP contribution in [0.25, 0.3) is 11.0 Å². The quantitative estimate of drug-likeness (QED) is 0.639. The van der Waals surface area contributed by atoms with E-state index in [4.69, 9.17) is 4.42 Å². The second-order valence-corrected chi connectivity index (χ2v) is 8.49. The molecule has 10 heteroatoms. The SMILES string of the molecule is Cc1[nH]nc2ncc(NC(=O)c3ccc(S(=O)(=O)NC(C)(C)C)o3)cc12. The van der Waals surface area contributed by atoms with Crippen molar-refractivity contribution in [3.8, 4) is 0 Å². The number of hydrogen-bond donors (Lipinski definition) is 3. The van der Waals surface area contributed by atoms with Crippen molar-refractivity contribution >= 4 is 32.7 Å². The molecule has 0 aliphatic rings. The summed E-state index contributed by atoms with van der Waals surface area (Å²) in [4.78, 5) is 16.5. The Morgan fingerprint density at radius 2 is 2.00 bits per heavy atom. The molecule has 0 atom stereocenters. The van der Waals surface area contributed by atoms with Crippen molar-refractivity contribution < 1.29 is 17.6 Å². The van der Waals surface area contributed by atoms with Crippen LogP contribution in [0.2, 0.25) is 0 Å². The van der Waals surface area contributed by atoms with Gasteiger partial charge >= 0.3 is 0 Å². The van der Waals surface area contributed by atoms with Crippen molar-refractivity contribution in [3.63, 3.8) is 0 Å². The molecule has 0 aliphatic heterocycles. The minimum absolute atomic E-state index is 0.122. The van der Waals surface area contributed by atoms with Crippen molar-refractivity contribution in [1.82, 2.24) is 19.9 Å². The Morgan fingerprint density at radius 1 is 1.27 bits per heavy atom. The average molecular weight is 377 g/mol. The van der Waals surface area contributed by atoms with E-state index in [0.29, 0.717) is 11.3 Å². The van der Waals surface area contributed by atoms with E-state index in [0.717, 1.165) is 11.1 Å². The molecule has 0 aliphatic carbocycles. The third-order valence-electron chi connectivity index (χ3n) is 3.37. The number of nitrogens with one attached hydrogen (secondary N) is 3. The molecule has 1 amide bonds. The molecule has 3 rings (SSSR count). The van der Waals surface area contributed by atoms with Gasteiger partial charge in [0.05, 0.1) is 11.9 Å². The number of aromatic nitrogens is 3. The van der Waals surface area contributed by atoms with Crippen LogP contribution >= 0.6 is 0 Å². The lowest BCUT2D eigenvalue weighted by Crippen LogP contribution is -2.40. The third-order valence-corrected chi connectivity index (χ3v) is 5.00. The molecule has 0 fully saturated rings. The standard InChI is InChI=1S/C16H19N5O4S/c1-9-11-7-10(8-17-14(11)20-19-9)18-15(22)12-5-6-13(25-12)26(23,24)21-16(2,3)4/h5-8,21H,1-4H3,(H,18,22)(H,17,19,20). The van der Waals surface area contributed by atoms with Gasteiger partial charge in [0, 0.05) is 16.6 Å². The second kappa shape index (κ2) is 6.22. The van der Waals surface area contributed by atoms with Crippen molar-refractivity contribution in [2.75, 3.05) is 5.32 Å². The number of hydrogen-bond acceptors (Lipinski definition) is 6. The first-order valence-electron chi connectivity index (χ1n) is 7.81. The van der Waals surface area contributed by atoms with Crippen LogP contribution in [0.3, 0.4) is 0 Å². The van der Waals surface area contributed by atoms with Crippen LogP contribution in [0.15, 0.2) is 33.9 Å². The maximum Gasteiger partial charge on any atom is 0.291 e. The first-order valence-corrected chi connectivity index (χ1v) is 9.29. The summed E-state index contributed by atoms with van der Waals surface area (Å²) in [5, 5.41) is 9.91. The number of amides is 1. The molecule has 0 radical (unpaired) electrons. The lowest BCUT2D eigenvalue weighted by molar-refractivity contribution is 0.0991. The summed E-state index contributed by atoms with van der Waals surface area (Å²) in [6, 6.07) is 4.27. The van der Waals surface area contributed by atoms with Crippen LogP contribution in [0.1, 0.15) is 37.0 Å². The summed E-state index contributed by atoms with van der Waals surface area (Å²) in [6.07, 6.45) is 1.46. The van der Waals surface area contributed by atoms with Gasteiger partial charge in [0.2, 0.25) is 5.09 Å². The van der Waals surface area contributed by atoms with Gasteiger partial charge in [-0.2, -0.15) is 5.10 Å². The first-order chi connectivity index (χ1) is 12.0. The van der Waals surface area contributed by atoms with Crippen LogP contribution in [-0.2, 0) is 10.0 Å². The van der Waals surface area contributed by atoms with Gasteiger partial charge in [0.25, 0.3) is 15.9 Å². The molecular formula is C16H19N5O4S. The van der Waals surface area contributed by atoms with Crippen molar-refractivity contribution in [2.45, 2.75) is 38.3 Å². The van der Waals surface area contributed by atoms with Crippen LogP contribution in [0.4, 0.5) is 5.69 Å². The number of nitrogens with zero attached hydrogens (tertiary/aromatic N) is 2. The highest BCUT2D eigenvalue weighted by Gasteiger charge is 2.26. The predicted octanol–water partition coefficient (Wildman–Crippen LogP) is 2.19. The van der Waals surface area contributed by atoms with Gasteiger partial charge in [-0.25, -0.2) is 18.1 Å². The van der Waals surface area contributed by atoms with Crippen LogP contribution < -0.4 is 10.0 Å². The molecule has 3 N–H and O–H groups in total. The van der Waals surface area contributed by atoms with Crippen LogP contribution in [-0.4, -0.2) is 35.0 Å². The van der Waals surface area contributed by atoms with E-state index in [-0.39, 0.29) is 10.9 Å². The van der Waals surface area contributed by atoms with E-state index in [2.05, 4.69) is 25.2 Å². The second-order valence-electron chi connectivity index (χ2n) is 6.87. The third kappa shape index (κ3) is 3.75. The van der Waals surface area contributed by atoms with Crippen LogP contribution in [0, 0.1) is 6.92 Å². The molecule has 0 unspecified atom stereocenters. The summed E-state index contributed by atoms with van der Waals surface area (Å²) in [5.74, 6) is -0.701. The lowest BCUT2D eigenvalue weighted by atomic mass is 10.1. The largest absolute Gasteiger partial charge is 0.438 e. The smallest absolute Gasteiger partial charge is 0.291 e. The topological polar surface area (TPSA) is 130 Å². The van der Waals surface area contributed by atoms with Gasteiger partial charge < -0.3 is 9.73 Å². The molecule has 0 aromatic carbocycles. The van der Waals surface area contributed by atoms with E-state index in [1.165, 1.54) is 18.3 Å². The summed E-state index contributed by atoms with van der Waals surface area (Å²) in [7, 11) is -3.85. The zero-order chi connectivity index (χ0) is 19.1. The number of pyridine rings is 1. The van der Waals surface area contributed by atoms with Gasteiger partial charge in [-0.3, -0.25) is 9.89 Å². The zero-order valence-corrected chi connectivity index (χ0v) is 15.6. The molecule has 3 aromatic heterocycles. The molecule has 26 heavy (non-hydrogen) atoms. The molecule has 0 spiro atoms. The van der Waals surface area contributed by atoms with Gasteiger partial charge in [-0.05, 0) is 45.9 Å². The molecular weight excluding hydrogens is 358 g/mol. The van der Waals surface area contributed by atoms with E-state index in [9.17, 15) is 13.2 Å². The number of H-pyrrole nitrogens is 1. The maximum atomic E-state index is 12.3. The maximum absolute atomic E-state index is 12.3. The molecule has 3 aromatic rings. The fraction of sp³-hybridized carbons (Fsp3) is 0.312. The number of aryl methyl sites for hydroxylation is 1. The monoisotopic (exact) mass is 377 g/mol. The van der Waals surface area contributed by atoms with Crippen molar-refractivity contribution in [3.05, 3.63) is 35.9 Å². The minimum atomic E-state index is -3.85. The number of rotatable bonds is 4. The number of carbonyl (C=O) groups excluding carboxylic acids is 1. The number of furan rings is 1. The number of sulfonamides is 1. The summed E-state index contributed by atoms with van der Waals surface area (Å²) in [6.45, 7) is 6.97. The van der Waals surface area contributed by atoms with Crippen molar-refractivity contribution in [1.29, 1.82) is 0 Å². The highest BCUT2D eigenvalue weighted by atomic mass is 32.2. The fourth-order valence-electron chi connectivity index (χ4n) is 2.32. The average Bonchev–Trinajstić information content (AvgIpc) is 3.13. The van der Waals surface area contributed by atoms with Gasteiger partial charge in [0.1, 0.15) is 0 Å². The van der Waals surface area contributed by atoms with E-state index < -0.39 is 21.5 Å². The van der Waals surface area contributed by atoms with E-state index in [1.54, 1.807) is 26.8 Å². The van der Waals surface area contributed by atoms with Crippen LogP contribution in [0.5, 0.6) is 0 Å². The Morgan fingerprint density at radius 3 is 2.69 bits per heavy atom. The Bertz CT molecular complexity index is 1080. The fourth-order valence-corrected chi connectivity index (χ4v) is 3.67. The predicted molar refractivity (Wildman–Crippen MR) is 95.4 cm³/mol. The Kier molecular flexibility index (Phi) is 4.32. The molecule has 0 bridgehead atoms. The summed E-state index contributed by atoms with van der Waals surface area (Å²) in [5.41, 5.74) is 1.14. The molecule has 3 heterocycles. The van der Waals surface area contributed by atoms with Gasteiger partial charge in [-0.1, -0.05) is 0 Å². The normalized spacial score (nSPS) is 12.5. The number of carbonyl (C=O) groups is 1. The molecule has 0 saturated carbocycles. The molecule has 9 nitrogen and oxygen atoms in total. The van der Waals surface area contributed by atoms with Gasteiger partial charge in [-0.15, -0.1) is 0 Å². The van der Waals surface area contributed by atoms with Gasteiger partial charge in [0.15, 0.2) is 11.4 Å². The summed E-state index contributed by atoms with van der Waals surface area (Å²) < 4.78 is 32.2. The number of fused-ring (bicyclic) bond motifs is 1. The van der Waals surface area contributed by atoms with Crippen molar-refractivity contribution in [2.24, 2.45) is 0 Å². The molecule has 138 valence electrons. The Balaban J connectivity index is 1.80. The van der Waals surface area contributed by atoms with E-state index >= 15 is 0 Å². The number of anilines is 1. The Hall–Kier alpha value is -2.72. The molecule has 0 saturated heterocycles. The highest BCUT2D eigenvalue weighted by Crippen LogP contribution is 2.20. The zero-order valence-electron chi connectivity index (χ0n) is 14.7. The summed E-state index contributed by atoms with van der Waals surface area (Å²) >= 11 is 0.